The number of fused-ring (bicyclic) bond motifs is 1. The molecule has 16 heavy (non-hydrogen) atoms. The first-order valence-electron chi connectivity index (χ1n) is 4.12. The van der Waals surface area contributed by atoms with Crippen LogP contribution < -0.4 is 5.55 Å². The Kier molecular flexibility index (Phi) is 3.43. The maximum Gasteiger partial charge on any atom is 0.245 e. The summed E-state index contributed by atoms with van der Waals surface area (Å²) < 4.78 is 13.1. The molecule has 0 spiro atoms. The Balaban J connectivity index is 2.73. The first kappa shape index (κ1) is 11.4. The molecule has 0 N–H and O–H groups in total. The summed E-state index contributed by atoms with van der Waals surface area (Å²) in [5.41, 5.74) is 0.992. The van der Waals surface area contributed by atoms with Gasteiger partial charge in [0.2, 0.25) is 11.4 Å². The minimum atomic E-state index is 0.223. The largest absolute Gasteiger partial charge is 0.418 e. The van der Waals surface area contributed by atoms with E-state index in [1.807, 2.05) is 12.3 Å². The lowest BCUT2D eigenvalue weighted by Crippen LogP contribution is -2.01. The molecule has 0 saturated carbocycles. The van der Waals surface area contributed by atoms with E-state index < -0.39 is 0 Å². The maximum absolute atomic E-state index is 9.04. The van der Waals surface area contributed by atoms with Gasteiger partial charge in [0.25, 0.3) is 0 Å². The topological polar surface area (TPSA) is 75.1 Å². The molecule has 2 heterocycles. The predicted molar refractivity (Wildman–Crippen MR) is 62.5 cm³/mol. The second-order valence-corrected chi connectivity index (χ2v) is 4.43. The fourth-order valence-electron chi connectivity index (χ4n) is 1.14. The van der Waals surface area contributed by atoms with Crippen molar-refractivity contribution in [3.8, 4) is 17.5 Å². The van der Waals surface area contributed by atoms with Gasteiger partial charge in [-0.05, 0) is 6.26 Å². The van der Waals surface area contributed by atoms with Crippen LogP contribution in [0.1, 0.15) is 5.56 Å². The van der Waals surface area contributed by atoms with Crippen molar-refractivity contribution in [2.24, 2.45) is 4.99 Å². The molecular weight excluding hydrogens is 268 g/mol. The molecule has 0 unspecified atom stereocenters. The van der Waals surface area contributed by atoms with E-state index in [1.54, 1.807) is 0 Å². The summed E-state index contributed by atoms with van der Waals surface area (Å²) in [6, 6.07) is 2.01. The molecule has 0 radical (unpaired) electrons. The minimum Gasteiger partial charge on any atom is -0.418 e. The predicted octanol–water partition coefficient (Wildman–Crippen LogP) is 1.98. The number of furan rings is 1. The van der Waals surface area contributed by atoms with Crippen LogP contribution >= 0.6 is 35.1 Å². The van der Waals surface area contributed by atoms with Crippen LogP contribution in [-0.4, -0.2) is 20.9 Å². The highest BCUT2D eigenvalue weighted by atomic mass is 35.5. The molecular formula is C8H5ClN4OS2. The third kappa shape index (κ3) is 1.91. The van der Waals surface area contributed by atoms with Crippen molar-refractivity contribution in [2.45, 2.75) is 0 Å². The Bertz CT molecular complexity index is 585. The zero-order valence-electron chi connectivity index (χ0n) is 8.10. The smallest absolute Gasteiger partial charge is 0.245 e. The Morgan fingerprint density at radius 3 is 3.12 bits per heavy atom. The lowest BCUT2D eigenvalue weighted by Gasteiger charge is -1.93. The molecule has 0 bridgehead atoms. The van der Waals surface area contributed by atoms with Crippen LogP contribution in [0.2, 0.25) is 5.15 Å². The van der Waals surface area contributed by atoms with Crippen LogP contribution in [0.4, 0.5) is 0 Å². The summed E-state index contributed by atoms with van der Waals surface area (Å²) in [6.07, 6.45) is 1.91. The fourth-order valence-corrected chi connectivity index (χ4v) is 2.06. The number of nitriles is 1. The number of aromatic nitrogens is 2. The van der Waals surface area contributed by atoms with Crippen molar-refractivity contribution in [1.82, 2.24) is 8.75 Å². The third-order valence-electron chi connectivity index (χ3n) is 1.77. The molecule has 0 atom stereocenters. The van der Waals surface area contributed by atoms with Crippen molar-refractivity contribution in [3.63, 3.8) is 0 Å². The molecule has 2 rings (SSSR count). The average molecular weight is 273 g/mol. The van der Waals surface area contributed by atoms with Gasteiger partial charge in [0, 0.05) is 0 Å². The SMILES string of the molecule is CSC/N=c1/oc2nsnc(Cl)c-2c1C#N. The van der Waals surface area contributed by atoms with E-state index >= 15 is 0 Å². The lowest BCUT2D eigenvalue weighted by atomic mass is 10.2. The Labute approximate surface area is 104 Å². The second kappa shape index (κ2) is 4.82. The molecule has 8 heteroatoms. The highest BCUT2D eigenvalue weighted by molar-refractivity contribution is 7.98. The molecule has 5 nitrogen and oxygen atoms in total. The van der Waals surface area contributed by atoms with Crippen LogP contribution in [-0.2, 0) is 0 Å². The first-order chi connectivity index (χ1) is 7.77. The number of rotatable bonds is 2. The molecule has 82 valence electrons. The summed E-state index contributed by atoms with van der Waals surface area (Å²) in [4.78, 5) is 4.13. The van der Waals surface area contributed by atoms with Gasteiger partial charge in [-0.2, -0.15) is 9.64 Å². The van der Waals surface area contributed by atoms with E-state index in [1.165, 1.54) is 11.8 Å². The van der Waals surface area contributed by atoms with Crippen molar-refractivity contribution in [2.75, 3.05) is 12.1 Å². The van der Waals surface area contributed by atoms with Gasteiger partial charge in [0.1, 0.15) is 11.6 Å². The molecule has 0 amide bonds. The fraction of sp³-hybridized carbons (Fsp3) is 0.250. The quantitative estimate of drug-likeness (QED) is 0.836. The minimum absolute atomic E-state index is 0.223. The van der Waals surface area contributed by atoms with Gasteiger partial charge in [-0.3, -0.25) is 0 Å². The van der Waals surface area contributed by atoms with E-state index in [-0.39, 0.29) is 10.7 Å². The second-order valence-electron chi connectivity index (χ2n) is 2.71. The zero-order valence-corrected chi connectivity index (χ0v) is 10.5. The van der Waals surface area contributed by atoms with Crippen molar-refractivity contribution >= 4 is 35.1 Å². The number of halogens is 1. The highest BCUT2D eigenvalue weighted by Crippen LogP contribution is 2.29. The average Bonchev–Trinajstić information content (AvgIpc) is 2.65. The summed E-state index contributed by atoms with van der Waals surface area (Å²) in [5, 5.41) is 9.26. The molecule has 0 saturated heterocycles. The Morgan fingerprint density at radius 1 is 1.62 bits per heavy atom. The van der Waals surface area contributed by atoms with E-state index in [4.69, 9.17) is 21.3 Å². The van der Waals surface area contributed by atoms with Crippen LogP contribution in [0.5, 0.6) is 0 Å². The summed E-state index contributed by atoms with van der Waals surface area (Å²) in [6.45, 7) is 0. The van der Waals surface area contributed by atoms with Crippen LogP contribution in [0, 0.1) is 11.3 Å². The lowest BCUT2D eigenvalue weighted by molar-refractivity contribution is 0.514. The highest BCUT2D eigenvalue weighted by Gasteiger charge is 2.22. The zero-order chi connectivity index (χ0) is 11.5. The van der Waals surface area contributed by atoms with Gasteiger partial charge in [-0.25, -0.2) is 4.99 Å². The van der Waals surface area contributed by atoms with Gasteiger partial charge in [-0.15, -0.1) is 16.1 Å². The summed E-state index contributed by atoms with van der Waals surface area (Å²) in [7, 11) is 0. The van der Waals surface area contributed by atoms with Crippen molar-refractivity contribution in [1.29, 1.82) is 5.26 Å². The van der Waals surface area contributed by atoms with Crippen molar-refractivity contribution in [3.05, 3.63) is 16.3 Å². The van der Waals surface area contributed by atoms with Crippen LogP contribution in [0.15, 0.2) is 9.41 Å². The summed E-state index contributed by atoms with van der Waals surface area (Å²) in [5.74, 6) is 0.824. The van der Waals surface area contributed by atoms with Gasteiger partial charge in [0.15, 0.2) is 5.15 Å². The number of hydrogen-bond acceptors (Lipinski definition) is 7. The molecule has 2 aliphatic heterocycles. The van der Waals surface area contributed by atoms with E-state index in [9.17, 15) is 0 Å². The van der Waals surface area contributed by atoms with Crippen molar-refractivity contribution < 1.29 is 4.42 Å². The Morgan fingerprint density at radius 2 is 2.44 bits per heavy atom. The monoisotopic (exact) mass is 272 g/mol. The molecule has 0 aromatic heterocycles. The Hall–Kier alpha value is -1.10. The van der Waals surface area contributed by atoms with Gasteiger partial charge in [-0.1, -0.05) is 11.6 Å². The number of thioether (sulfide) groups is 1. The van der Waals surface area contributed by atoms with Gasteiger partial charge >= 0.3 is 0 Å². The van der Waals surface area contributed by atoms with E-state index in [2.05, 4.69) is 13.7 Å². The van der Waals surface area contributed by atoms with Crippen LogP contribution in [0.25, 0.3) is 11.5 Å². The van der Waals surface area contributed by atoms with E-state index in [0.717, 1.165) is 11.7 Å². The first-order valence-corrected chi connectivity index (χ1v) is 6.62. The van der Waals surface area contributed by atoms with Crippen LogP contribution in [0.3, 0.4) is 0 Å². The summed E-state index contributed by atoms with van der Waals surface area (Å²) >= 11 is 8.35. The molecule has 0 fully saturated rings. The molecule has 0 aliphatic carbocycles. The van der Waals surface area contributed by atoms with Gasteiger partial charge < -0.3 is 4.42 Å². The molecule has 0 aromatic rings. The van der Waals surface area contributed by atoms with E-state index in [0.29, 0.717) is 22.9 Å². The molecule has 0 aromatic carbocycles. The normalized spacial score (nSPS) is 11.9. The van der Waals surface area contributed by atoms with Gasteiger partial charge in [0.05, 0.1) is 23.2 Å². The molecule has 2 aliphatic rings. The number of hydrogen-bond donors (Lipinski definition) is 0. The number of nitrogens with zero attached hydrogens (tertiary/aromatic N) is 4. The standard InChI is InChI=1S/C8H5ClN4OS2/c1-15-3-11-7-4(2-10)5-6(9)12-16-13-8(5)14-7/h3H2,1H3/b11-7+. The maximum atomic E-state index is 9.04. The third-order valence-corrected chi connectivity index (χ3v) is 3.04.